The smallest absolute Gasteiger partial charge is 0.414 e. The molecule has 180 valence electrons. The van der Waals surface area contributed by atoms with Gasteiger partial charge in [-0.25, -0.2) is 9.59 Å². The Morgan fingerprint density at radius 3 is 2.44 bits per heavy atom. The van der Waals surface area contributed by atoms with E-state index in [9.17, 15) is 14.4 Å². The Bertz CT molecular complexity index is 1100. The van der Waals surface area contributed by atoms with E-state index >= 15 is 0 Å². The van der Waals surface area contributed by atoms with Gasteiger partial charge in [0.05, 0.1) is 23.9 Å². The molecule has 34 heavy (non-hydrogen) atoms. The van der Waals surface area contributed by atoms with Gasteiger partial charge in [0.2, 0.25) is 0 Å². The van der Waals surface area contributed by atoms with Crippen LogP contribution in [-0.2, 0) is 16.1 Å². The molecule has 0 aromatic heterocycles. The first-order valence-corrected chi connectivity index (χ1v) is 11.4. The lowest BCUT2D eigenvalue weighted by Crippen LogP contribution is -2.50. The van der Waals surface area contributed by atoms with Gasteiger partial charge < -0.3 is 19.1 Å². The number of anilines is 1. The minimum atomic E-state index is -0.621. The molecule has 2 heterocycles. The first-order chi connectivity index (χ1) is 16.2. The number of cyclic esters (lactones) is 1. The molecule has 2 aliphatic heterocycles. The number of carbonyl (C=O) groups is 3. The van der Waals surface area contributed by atoms with E-state index in [4.69, 9.17) is 14.2 Å². The number of hydrogen-bond donors (Lipinski definition) is 0. The lowest BCUT2D eigenvalue weighted by atomic mass is 9.99. The number of likely N-dealkylation sites (tertiary alicyclic amines) is 1. The van der Waals surface area contributed by atoms with Gasteiger partial charge in [0.25, 0.3) is 5.91 Å². The minimum absolute atomic E-state index is 0.0468. The van der Waals surface area contributed by atoms with Crippen molar-refractivity contribution >= 4 is 23.7 Å². The van der Waals surface area contributed by atoms with Crippen LogP contribution in [0.4, 0.5) is 10.5 Å². The highest BCUT2D eigenvalue weighted by Crippen LogP contribution is 2.32. The summed E-state index contributed by atoms with van der Waals surface area (Å²) in [5, 5.41) is 0. The fraction of sp³-hybridized carbons (Fsp3) is 0.423. The zero-order valence-electron chi connectivity index (χ0n) is 20.0. The third-order valence-corrected chi connectivity index (χ3v) is 5.98. The van der Waals surface area contributed by atoms with E-state index in [0.717, 1.165) is 11.3 Å². The molecule has 1 saturated heterocycles. The summed E-state index contributed by atoms with van der Waals surface area (Å²) in [6.45, 7) is 6.66. The first kappa shape index (κ1) is 23.6. The highest BCUT2D eigenvalue weighted by molar-refractivity contribution is 5.99. The molecule has 0 radical (unpaired) electrons. The Labute approximate surface area is 199 Å². The van der Waals surface area contributed by atoms with E-state index in [0.29, 0.717) is 42.8 Å². The fourth-order valence-corrected chi connectivity index (χ4v) is 4.35. The number of fused-ring (bicyclic) bond motifs is 1. The maximum Gasteiger partial charge on any atom is 0.414 e. The summed E-state index contributed by atoms with van der Waals surface area (Å²) >= 11 is 0. The molecule has 0 atom stereocenters. The summed E-state index contributed by atoms with van der Waals surface area (Å²) in [4.78, 5) is 41.6. The molecule has 0 aliphatic carbocycles. The molecular weight excluding hydrogens is 436 g/mol. The Hall–Kier alpha value is -3.55. The van der Waals surface area contributed by atoms with Crippen LogP contribution in [0.2, 0.25) is 0 Å². The van der Waals surface area contributed by atoms with Crippen LogP contribution in [0.1, 0.15) is 59.9 Å². The molecule has 2 amide bonds. The van der Waals surface area contributed by atoms with Crippen LogP contribution in [-0.4, -0.2) is 54.7 Å². The summed E-state index contributed by atoms with van der Waals surface area (Å²) < 4.78 is 16.2. The Balaban J connectivity index is 1.46. The van der Waals surface area contributed by atoms with E-state index in [1.54, 1.807) is 42.7 Å². The number of rotatable bonds is 4. The van der Waals surface area contributed by atoms with Crippen molar-refractivity contribution in [3.8, 4) is 5.75 Å². The number of hydrogen-bond acceptors (Lipinski definition) is 6. The molecule has 1 fully saturated rings. The van der Waals surface area contributed by atoms with Crippen molar-refractivity contribution in [2.45, 2.75) is 51.9 Å². The second-order valence-corrected chi connectivity index (χ2v) is 9.49. The van der Waals surface area contributed by atoms with Crippen LogP contribution in [0.25, 0.3) is 0 Å². The van der Waals surface area contributed by atoms with Crippen molar-refractivity contribution in [3.63, 3.8) is 0 Å². The average molecular weight is 467 g/mol. The van der Waals surface area contributed by atoms with Gasteiger partial charge in [-0.05, 0) is 57.9 Å². The van der Waals surface area contributed by atoms with E-state index in [2.05, 4.69) is 0 Å². The molecular formula is C26H30N2O6. The lowest BCUT2D eigenvalue weighted by molar-refractivity contribution is 0.00687. The monoisotopic (exact) mass is 466 g/mol. The molecule has 2 aromatic carbocycles. The number of para-hydroxylation sites is 1. The van der Waals surface area contributed by atoms with Gasteiger partial charge in [-0.15, -0.1) is 0 Å². The van der Waals surface area contributed by atoms with Crippen LogP contribution in [0.15, 0.2) is 42.5 Å². The van der Waals surface area contributed by atoms with E-state index in [1.165, 1.54) is 13.2 Å². The standard InChI is InChI=1S/C26H30N2O6/c1-26(2,3)34-24(30)17-9-10-20(22(15-17)32-4)23(29)27-13-11-19(12-14-27)28-21-8-6-5-7-18(21)16-33-25(28)31/h5-10,15,19H,11-14,16H2,1-4H3. The molecule has 2 aromatic rings. The molecule has 2 aliphatic rings. The number of nitrogens with zero attached hydrogens (tertiary/aromatic N) is 2. The number of methoxy groups -OCH3 is 1. The Morgan fingerprint density at radius 2 is 1.76 bits per heavy atom. The zero-order chi connectivity index (χ0) is 24.5. The van der Waals surface area contributed by atoms with Crippen molar-refractivity contribution in [3.05, 3.63) is 59.2 Å². The van der Waals surface area contributed by atoms with Gasteiger partial charge in [-0.2, -0.15) is 0 Å². The number of carbonyl (C=O) groups excluding carboxylic acids is 3. The largest absolute Gasteiger partial charge is 0.496 e. The van der Waals surface area contributed by atoms with Gasteiger partial charge in [0.1, 0.15) is 18.0 Å². The van der Waals surface area contributed by atoms with Crippen LogP contribution >= 0.6 is 0 Å². The highest BCUT2D eigenvalue weighted by atomic mass is 16.6. The average Bonchev–Trinajstić information content (AvgIpc) is 2.82. The third kappa shape index (κ3) is 4.85. The highest BCUT2D eigenvalue weighted by Gasteiger charge is 2.35. The van der Waals surface area contributed by atoms with Gasteiger partial charge in [0.15, 0.2) is 0 Å². The quantitative estimate of drug-likeness (QED) is 0.621. The van der Waals surface area contributed by atoms with E-state index in [-0.39, 0.29) is 24.6 Å². The predicted octanol–water partition coefficient (Wildman–Crippen LogP) is 4.41. The van der Waals surface area contributed by atoms with Gasteiger partial charge in [-0.1, -0.05) is 18.2 Å². The predicted molar refractivity (Wildman–Crippen MR) is 126 cm³/mol. The van der Waals surface area contributed by atoms with Crippen molar-refractivity contribution in [1.29, 1.82) is 0 Å². The molecule has 0 N–H and O–H groups in total. The van der Waals surface area contributed by atoms with Crippen molar-refractivity contribution in [1.82, 2.24) is 4.90 Å². The fourth-order valence-electron chi connectivity index (χ4n) is 4.35. The third-order valence-electron chi connectivity index (χ3n) is 5.98. The molecule has 8 heteroatoms. The topological polar surface area (TPSA) is 85.4 Å². The van der Waals surface area contributed by atoms with Crippen LogP contribution in [0.3, 0.4) is 0 Å². The SMILES string of the molecule is COc1cc(C(=O)OC(C)(C)C)ccc1C(=O)N1CCC(N2C(=O)OCc3ccccc32)CC1. The number of ether oxygens (including phenoxy) is 3. The molecule has 0 spiro atoms. The normalized spacial score (nSPS) is 16.5. The summed E-state index contributed by atoms with van der Waals surface area (Å²) in [5.74, 6) is -0.323. The second kappa shape index (κ2) is 9.37. The van der Waals surface area contributed by atoms with Crippen LogP contribution in [0, 0.1) is 0 Å². The molecule has 0 bridgehead atoms. The summed E-state index contributed by atoms with van der Waals surface area (Å²) in [6, 6.07) is 12.4. The lowest BCUT2D eigenvalue weighted by Gasteiger charge is -2.40. The van der Waals surface area contributed by atoms with Crippen molar-refractivity contribution in [2.24, 2.45) is 0 Å². The maximum absolute atomic E-state index is 13.3. The molecule has 0 unspecified atom stereocenters. The number of piperidine rings is 1. The summed E-state index contributed by atoms with van der Waals surface area (Å²) in [7, 11) is 1.47. The van der Waals surface area contributed by atoms with E-state index < -0.39 is 11.6 Å². The molecule has 8 nitrogen and oxygen atoms in total. The summed E-state index contributed by atoms with van der Waals surface area (Å²) in [6.07, 6.45) is 0.920. The second-order valence-electron chi connectivity index (χ2n) is 9.49. The van der Waals surface area contributed by atoms with Gasteiger partial charge in [0, 0.05) is 24.7 Å². The van der Waals surface area contributed by atoms with E-state index in [1.807, 2.05) is 24.3 Å². The number of benzene rings is 2. The Morgan fingerprint density at radius 1 is 1.06 bits per heavy atom. The maximum atomic E-state index is 13.3. The first-order valence-electron chi connectivity index (χ1n) is 11.4. The molecule has 4 rings (SSSR count). The van der Waals surface area contributed by atoms with Gasteiger partial charge >= 0.3 is 12.1 Å². The zero-order valence-corrected chi connectivity index (χ0v) is 20.0. The number of esters is 1. The van der Waals surface area contributed by atoms with Crippen molar-refractivity contribution in [2.75, 3.05) is 25.1 Å². The van der Waals surface area contributed by atoms with Crippen LogP contribution in [0.5, 0.6) is 5.75 Å². The number of amides is 2. The van der Waals surface area contributed by atoms with Crippen LogP contribution < -0.4 is 9.64 Å². The van der Waals surface area contributed by atoms with Crippen molar-refractivity contribution < 1.29 is 28.6 Å². The Kier molecular flexibility index (Phi) is 6.50. The minimum Gasteiger partial charge on any atom is -0.496 e. The summed E-state index contributed by atoms with van der Waals surface area (Å²) in [5.41, 5.74) is 1.95. The van der Waals surface area contributed by atoms with Gasteiger partial charge in [-0.3, -0.25) is 9.69 Å². The molecule has 0 saturated carbocycles.